The molecule has 0 fully saturated rings. The molecule has 2 unspecified atom stereocenters. The lowest BCUT2D eigenvalue weighted by molar-refractivity contribution is 0.633. The van der Waals surface area contributed by atoms with Gasteiger partial charge in [0.05, 0.1) is 10.3 Å². The number of hydrogen-bond acceptors (Lipinski definition) is 3. The fourth-order valence-corrected chi connectivity index (χ4v) is 3.74. The van der Waals surface area contributed by atoms with Crippen molar-refractivity contribution in [2.45, 2.75) is 50.4 Å². The van der Waals surface area contributed by atoms with E-state index in [4.69, 9.17) is 5.73 Å². The second-order valence-electron chi connectivity index (χ2n) is 5.65. The normalized spacial score (nSPS) is 14.0. The molecule has 3 heteroatoms. The molecule has 0 radical (unpaired) electrons. The number of hydrogen-bond donors (Lipinski definition) is 1. The number of benzene rings is 1. The first kappa shape index (κ1) is 16.1. The minimum atomic E-state index is 0.125. The molecular formula is C18H24N2S. The second-order valence-corrected chi connectivity index (χ2v) is 6.81. The van der Waals surface area contributed by atoms with Crippen molar-refractivity contribution >= 4 is 11.8 Å². The maximum atomic E-state index is 6.36. The Bertz CT molecular complexity index is 572. The average Bonchev–Trinajstić information content (AvgIpc) is 2.44. The standard InChI is InChI=1S/C18H24N2S/c1-5-16(19)18(15-8-6-12(2)7-9-15)21-17-11-13(3)10-14(4)20-17/h6-11,16,18H,5,19H2,1-4H3. The number of pyridine rings is 1. The third-order valence-corrected chi connectivity index (χ3v) is 4.91. The van der Waals surface area contributed by atoms with Crippen molar-refractivity contribution < 1.29 is 0 Å². The van der Waals surface area contributed by atoms with Gasteiger partial charge >= 0.3 is 0 Å². The molecule has 21 heavy (non-hydrogen) atoms. The van der Waals surface area contributed by atoms with Gasteiger partial charge in [-0.15, -0.1) is 0 Å². The number of nitrogens with two attached hydrogens (primary N) is 1. The van der Waals surface area contributed by atoms with Crippen molar-refractivity contribution in [2.75, 3.05) is 0 Å². The van der Waals surface area contributed by atoms with E-state index in [1.54, 1.807) is 11.8 Å². The van der Waals surface area contributed by atoms with Crippen LogP contribution in [0.2, 0.25) is 0 Å². The van der Waals surface area contributed by atoms with Crippen molar-refractivity contribution in [3.05, 3.63) is 58.8 Å². The zero-order valence-corrected chi connectivity index (χ0v) is 14.1. The van der Waals surface area contributed by atoms with Crippen molar-refractivity contribution in [3.63, 3.8) is 0 Å². The molecule has 0 aliphatic carbocycles. The van der Waals surface area contributed by atoms with Crippen LogP contribution >= 0.6 is 11.8 Å². The van der Waals surface area contributed by atoms with Crippen LogP contribution in [0.4, 0.5) is 0 Å². The summed E-state index contributed by atoms with van der Waals surface area (Å²) in [5, 5.41) is 1.30. The monoisotopic (exact) mass is 300 g/mol. The van der Waals surface area contributed by atoms with E-state index in [1.165, 1.54) is 16.7 Å². The van der Waals surface area contributed by atoms with Crippen molar-refractivity contribution in [1.82, 2.24) is 4.98 Å². The molecule has 2 rings (SSSR count). The molecule has 0 aliphatic rings. The van der Waals surface area contributed by atoms with E-state index in [0.717, 1.165) is 17.1 Å². The maximum Gasteiger partial charge on any atom is 0.0972 e. The van der Waals surface area contributed by atoms with Gasteiger partial charge in [-0.1, -0.05) is 48.5 Å². The Morgan fingerprint density at radius 2 is 1.71 bits per heavy atom. The summed E-state index contributed by atoms with van der Waals surface area (Å²) in [5.74, 6) is 0. The largest absolute Gasteiger partial charge is 0.326 e. The molecule has 0 saturated heterocycles. The van der Waals surface area contributed by atoms with Gasteiger partial charge in [-0.05, 0) is 50.5 Å². The van der Waals surface area contributed by atoms with Crippen LogP contribution in [0.1, 0.15) is 41.0 Å². The number of nitrogens with zero attached hydrogens (tertiary/aromatic N) is 1. The number of rotatable bonds is 5. The third kappa shape index (κ3) is 4.32. The minimum absolute atomic E-state index is 0.125. The first-order valence-corrected chi connectivity index (χ1v) is 8.31. The summed E-state index contributed by atoms with van der Waals surface area (Å²) >= 11 is 1.77. The van der Waals surface area contributed by atoms with Crippen LogP contribution in [0, 0.1) is 20.8 Å². The van der Waals surface area contributed by atoms with Crippen molar-refractivity contribution in [2.24, 2.45) is 5.73 Å². The molecule has 112 valence electrons. The predicted octanol–water partition coefficient (Wildman–Crippen LogP) is 4.58. The fourth-order valence-electron chi connectivity index (χ4n) is 2.37. The molecular weight excluding hydrogens is 276 g/mol. The molecule has 1 heterocycles. The van der Waals surface area contributed by atoms with Gasteiger partial charge in [0, 0.05) is 11.7 Å². The molecule has 0 amide bonds. The number of aryl methyl sites for hydroxylation is 3. The van der Waals surface area contributed by atoms with Crippen LogP contribution in [-0.2, 0) is 0 Å². The summed E-state index contributed by atoms with van der Waals surface area (Å²) in [6.07, 6.45) is 0.955. The Morgan fingerprint density at radius 1 is 1.05 bits per heavy atom. The second kappa shape index (κ2) is 7.10. The highest BCUT2D eigenvalue weighted by atomic mass is 32.2. The lowest BCUT2D eigenvalue weighted by Gasteiger charge is -2.23. The SMILES string of the molecule is CCC(N)C(Sc1cc(C)cc(C)n1)c1ccc(C)cc1. The van der Waals surface area contributed by atoms with E-state index in [0.29, 0.717) is 0 Å². The molecule has 2 atom stereocenters. The van der Waals surface area contributed by atoms with E-state index in [1.807, 2.05) is 6.92 Å². The van der Waals surface area contributed by atoms with Crippen LogP contribution in [0.25, 0.3) is 0 Å². The van der Waals surface area contributed by atoms with Crippen LogP contribution in [0.15, 0.2) is 41.4 Å². The van der Waals surface area contributed by atoms with Gasteiger partial charge in [0.1, 0.15) is 0 Å². The van der Waals surface area contributed by atoms with Gasteiger partial charge in [-0.2, -0.15) is 0 Å². The zero-order valence-electron chi connectivity index (χ0n) is 13.3. The van der Waals surface area contributed by atoms with Crippen molar-refractivity contribution in [1.29, 1.82) is 0 Å². The molecule has 0 saturated carbocycles. The smallest absolute Gasteiger partial charge is 0.0972 e. The van der Waals surface area contributed by atoms with E-state index in [9.17, 15) is 0 Å². The molecule has 1 aromatic heterocycles. The number of aromatic nitrogens is 1. The Kier molecular flexibility index (Phi) is 5.43. The summed E-state index contributed by atoms with van der Waals surface area (Å²) in [7, 11) is 0. The topological polar surface area (TPSA) is 38.9 Å². The number of thioether (sulfide) groups is 1. The van der Waals surface area contributed by atoms with Gasteiger partial charge in [0.2, 0.25) is 0 Å². The highest BCUT2D eigenvalue weighted by Crippen LogP contribution is 2.37. The zero-order chi connectivity index (χ0) is 15.4. The van der Waals surface area contributed by atoms with Crippen LogP contribution in [0.5, 0.6) is 0 Å². The lowest BCUT2D eigenvalue weighted by atomic mass is 10.0. The lowest BCUT2D eigenvalue weighted by Crippen LogP contribution is -2.25. The van der Waals surface area contributed by atoms with Gasteiger partial charge in [-0.25, -0.2) is 4.98 Å². The van der Waals surface area contributed by atoms with Crippen LogP contribution in [0.3, 0.4) is 0 Å². The van der Waals surface area contributed by atoms with Gasteiger partial charge < -0.3 is 5.73 Å². The summed E-state index contributed by atoms with van der Waals surface area (Å²) < 4.78 is 0. The van der Waals surface area contributed by atoms with E-state index in [2.05, 4.69) is 62.2 Å². The first-order chi connectivity index (χ1) is 9.99. The van der Waals surface area contributed by atoms with Crippen LogP contribution < -0.4 is 5.73 Å². The van der Waals surface area contributed by atoms with Gasteiger partial charge in [-0.3, -0.25) is 0 Å². The summed E-state index contributed by atoms with van der Waals surface area (Å²) in [6.45, 7) is 8.40. The highest BCUT2D eigenvalue weighted by molar-refractivity contribution is 7.99. The van der Waals surface area contributed by atoms with Crippen molar-refractivity contribution in [3.8, 4) is 0 Å². The Labute approximate surface area is 132 Å². The molecule has 2 N–H and O–H groups in total. The average molecular weight is 300 g/mol. The van der Waals surface area contributed by atoms with Gasteiger partial charge in [0.25, 0.3) is 0 Å². The third-order valence-electron chi connectivity index (χ3n) is 3.59. The molecule has 0 bridgehead atoms. The summed E-state index contributed by atoms with van der Waals surface area (Å²) in [6, 6.07) is 13.0. The van der Waals surface area contributed by atoms with E-state index >= 15 is 0 Å². The molecule has 2 nitrogen and oxygen atoms in total. The minimum Gasteiger partial charge on any atom is -0.326 e. The molecule has 0 aliphatic heterocycles. The summed E-state index contributed by atoms with van der Waals surface area (Å²) in [5.41, 5.74) is 11.2. The summed E-state index contributed by atoms with van der Waals surface area (Å²) in [4.78, 5) is 4.64. The molecule has 1 aromatic carbocycles. The Balaban J connectivity index is 2.30. The molecule has 0 spiro atoms. The maximum absolute atomic E-state index is 6.36. The van der Waals surface area contributed by atoms with Gasteiger partial charge in [0.15, 0.2) is 0 Å². The Hall–Kier alpha value is -1.32. The van der Waals surface area contributed by atoms with Crippen LogP contribution in [-0.4, -0.2) is 11.0 Å². The highest BCUT2D eigenvalue weighted by Gasteiger charge is 2.20. The first-order valence-electron chi connectivity index (χ1n) is 7.43. The predicted molar refractivity (Wildman–Crippen MR) is 91.8 cm³/mol. The van der Waals surface area contributed by atoms with E-state index < -0.39 is 0 Å². The molecule has 2 aromatic rings. The fraction of sp³-hybridized carbons (Fsp3) is 0.389. The van der Waals surface area contributed by atoms with E-state index in [-0.39, 0.29) is 11.3 Å². The Morgan fingerprint density at radius 3 is 2.29 bits per heavy atom. The quantitative estimate of drug-likeness (QED) is 0.822.